The van der Waals surface area contributed by atoms with Crippen LogP contribution in [0.2, 0.25) is 0 Å². The zero-order valence-corrected chi connectivity index (χ0v) is 22.2. The van der Waals surface area contributed by atoms with Gasteiger partial charge in [0.15, 0.2) is 11.2 Å². The molecule has 37 heavy (non-hydrogen) atoms. The number of rotatable bonds is 1. The highest BCUT2D eigenvalue weighted by Gasteiger charge is 2.26. The average Bonchev–Trinajstić information content (AvgIpc) is 3.20. The predicted molar refractivity (Wildman–Crippen MR) is 154 cm³/mol. The Hall–Kier alpha value is -4.23. The van der Waals surface area contributed by atoms with E-state index in [0.717, 1.165) is 17.5 Å². The number of nitrogens with zero attached hydrogens (tertiary/aromatic N) is 4. The molecule has 180 valence electrons. The standard InChI is InChI=1S/C33H29N4/c1-18-25-14-20(16-33(3,4)5)8-10-22(25)19(2)30-28(18)32-29-26(35-17-36(32)7)13-12-24-23-11-9-21(34-6)15-27(23)37(30)31(24)29/h8-15,17H,16H2,1-5,7H3/q+1. The molecule has 0 saturated carbocycles. The van der Waals surface area contributed by atoms with Gasteiger partial charge in [-0.3, -0.25) is 0 Å². The van der Waals surface area contributed by atoms with Crippen LogP contribution in [0.5, 0.6) is 0 Å². The molecule has 0 atom stereocenters. The second-order valence-electron chi connectivity index (χ2n) is 11.8. The zero-order chi connectivity index (χ0) is 25.8. The summed E-state index contributed by atoms with van der Waals surface area (Å²) in [5, 5.41) is 7.43. The summed E-state index contributed by atoms with van der Waals surface area (Å²) in [4.78, 5) is 8.58. The van der Waals surface area contributed by atoms with E-state index in [1.54, 1.807) is 0 Å². The van der Waals surface area contributed by atoms with Crippen molar-refractivity contribution >= 4 is 65.6 Å². The lowest BCUT2D eigenvalue weighted by atomic mass is 9.86. The number of benzene rings is 4. The summed E-state index contributed by atoms with van der Waals surface area (Å²) >= 11 is 0. The van der Waals surface area contributed by atoms with Crippen molar-refractivity contribution in [3.63, 3.8) is 0 Å². The molecule has 0 fully saturated rings. The summed E-state index contributed by atoms with van der Waals surface area (Å²) in [6.45, 7) is 19.1. The van der Waals surface area contributed by atoms with Crippen LogP contribution in [0.4, 0.5) is 5.69 Å². The Balaban J connectivity index is 1.81. The molecular weight excluding hydrogens is 452 g/mol. The summed E-state index contributed by atoms with van der Waals surface area (Å²) in [6, 6.07) is 17.4. The second kappa shape index (κ2) is 7.17. The van der Waals surface area contributed by atoms with Crippen LogP contribution in [0.15, 0.2) is 54.9 Å². The molecule has 0 saturated heterocycles. The number of aromatic nitrogens is 3. The van der Waals surface area contributed by atoms with Gasteiger partial charge in [0.05, 0.1) is 35.4 Å². The van der Waals surface area contributed by atoms with E-state index >= 15 is 0 Å². The van der Waals surface area contributed by atoms with E-state index in [1.807, 2.05) is 18.5 Å². The first-order valence-corrected chi connectivity index (χ1v) is 12.9. The van der Waals surface area contributed by atoms with E-state index < -0.39 is 0 Å². The molecule has 0 aliphatic rings. The third-order valence-electron chi connectivity index (χ3n) is 8.03. The van der Waals surface area contributed by atoms with E-state index in [-0.39, 0.29) is 5.41 Å². The number of pyridine rings is 1. The number of aryl methyl sites for hydroxylation is 3. The van der Waals surface area contributed by atoms with E-state index in [1.165, 1.54) is 65.6 Å². The first kappa shape index (κ1) is 22.0. The molecule has 0 unspecified atom stereocenters. The molecule has 0 N–H and O–H groups in total. The fourth-order valence-electron chi connectivity index (χ4n) is 6.56. The minimum Gasteiger partial charge on any atom is -0.309 e. The normalized spacial score (nSPS) is 12.7. The largest absolute Gasteiger partial charge is 0.309 e. The van der Waals surface area contributed by atoms with Gasteiger partial charge in [-0.15, -0.1) is 0 Å². The molecule has 4 nitrogen and oxygen atoms in total. The highest BCUT2D eigenvalue weighted by Crippen LogP contribution is 2.44. The molecule has 0 amide bonds. The van der Waals surface area contributed by atoms with Gasteiger partial charge in [0, 0.05) is 16.3 Å². The number of fused-ring (bicyclic) bond motifs is 7. The molecule has 3 aromatic heterocycles. The Morgan fingerprint density at radius 1 is 0.865 bits per heavy atom. The van der Waals surface area contributed by atoms with Crippen LogP contribution in [-0.4, -0.2) is 9.38 Å². The van der Waals surface area contributed by atoms with Crippen LogP contribution in [-0.2, 0) is 13.5 Å². The Kier molecular flexibility index (Phi) is 4.26. The first-order chi connectivity index (χ1) is 17.7. The molecule has 0 aliphatic heterocycles. The van der Waals surface area contributed by atoms with Gasteiger partial charge in [-0.05, 0) is 76.3 Å². The number of hydrogen-bond donors (Lipinski definition) is 0. The van der Waals surface area contributed by atoms with Gasteiger partial charge < -0.3 is 4.40 Å². The van der Waals surface area contributed by atoms with Crippen LogP contribution in [0.1, 0.15) is 37.5 Å². The molecule has 4 heteroatoms. The van der Waals surface area contributed by atoms with Gasteiger partial charge in [-0.25, -0.2) is 9.41 Å². The van der Waals surface area contributed by atoms with Crippen LogP contribution in [0.25, 0.3) is 64.7 Å². The van der Waals surface area contributed by atoms with E-state index in [0.29, 0.717) is 5.69 Å². The zero-order valence-electron chi connectivity index (χ0n) is 22.2. The molecule has 3 heterocycles. The molecule has 0 radical (unpaired) electrons. The highest BCUT2D eigenvalue weighted by molar-refractivity contribution is 6.28. The van der Waals surface area contributed by atoms with Crippen molar-refractivity contribution in [3.8, 4) is 0 Å². The molecule has 0 bridgehead atoms. The highest BCUT2D eigenvalue weighted by atomic mass is 15.0. The summed E-state index contributed by atoms with van der Waals surface area (Å²) in [6.07, 6.45) is 2.98. The molecule has 4 aromatic carbocycles. The quantitative estimate of drug-likeness (QED) is 0.101. The molecule has 7 aromatic rings. The lowest BCUT2D eigenvalue weighted by molar-refractivity contribution is -0.646. The maximum absolute atomic E-state index is 7.67. The number of hydrogen-bond acceptors (Lipinski definition) is 1. The van der Waals surface area contributed by atoms with E-state index in [2.05, 4.69) is 91.9 Å². The molecule has 0 spiro atoms. The van der Waals surface area contributed by atoms with Crippen molar-refractivity contribution in [1.82, 2.24) is 9.38 Å². The summed E-state index contributed by atoms with van der Waals surface area (Å²) in [7, 11) is 2.11. The SMILES string of the molecule is [C-]#[N+]c1ccc2c3ccc4nc[n+](C)c5c6c(C)c7cc(CC(C)(C)C)ccc7c(C)c6n(c2c1)c3c45. The van der Waals surface area contributed by atoms with Crippen molar-refractivity contribution < 1.29 is 4.57 Å². The third kappa shape index (κ3) is 2.89. The van der Waals surface area contributed by atoms with Crippen molar-refractivity contribution in [1.29, 1.82) is 0 Å². The van der Waals surface area contributed by atoms with Crippen LogP contribution in [0.3, 0.4) is 0 Å². The monoisotopic (exact) mass is 481 g/mol. The van der Waals surface area contributed by atoms with Crippen molar-refractivity contribution in [2.75, 3.05) is 0 Å². The van der Waals surface area contributed by atoms with Gasteiger partial charge >= 0.3 is 0 Å². The van der Waals surface area contributed by atoms with Crippen molar-refractivity contribution in [2.24, 2.45) is 12.5 Å². The predicted octanol–water partition coefficient (Wildman–Crippen LogP) is 8.12. The average molecular weight is 482 g/mol. The lowest BCUT2D eigenvalue weighted by Gasteiger charge is -2.20. The maximum atomic E-state index is 7.67. The molecule has 0 aliphatic carbocycles. The summed E-state index contributed by atoms with van der Waals surface area (Å²) < 4.78 is 4.60. The maximum Gasteiger partial charge on any atom is 0.287 e. The van der Waals surface area contributed by atoms with E-state index in [4.69, 9.17) is 11.6 Å². The smallest absolute Gasteiger partial charge is 0.287 e. The van der Waals surface area contributed by atoms with Crippen molar-refractivity contribution in [2.45, 2.75) is 41.0 Å². The van der Waals surface area contributed by atoms with Gasteiger partial charge in [-0.2, -0.15) is 0 Å². The summed E-state index contributed by atoms with van der Waals surface area (Å²) in [5.41, 5.74) is 10.5. The Labute approximate surface area is 215 Å². The molecule has 7 rings (SSSR count). The van der Waals surface area contributed by atoms with Crippen LogP contribution < -0.4 is 4.57 Å². The fraction of sp³-hybridized carbons (Fsp3) is 0.242. The topological polar surface area (TPSA) is 25.5 Å². The minimum atomic E-state index is 0.226. The minimum absolute atomic E-state index is 0.226. The Bertz CT molecular complexity index is 2130. The van der Waals surface area contributed by atoms with Gasteiger partial charge in [-0.1, -0.05) is 51.1 Å². The van der Waals surface area contributed by atoms with Crippen LogP contribution >= 0.6 is 0 Å². The lowest BCUT2D eigenvalue weighted by Crippen LogP contribution is -2.30. The first-order valence-electron chi connectivity index (χ1n) is 12.9. The van der Waals surface area contributed by atoms with Crippen LogP contribution in [0, 0.1) is 25.8 Å². The fourth-order valence-corrected chi connectivity index (χ4v) is 6.56. The Morgan fingerprint density at radius 2 is 1.62 bits per heavy atom. The summed E-state index contributed by atoms with van der Waals surface area (Å²) in [5.74, 6) is 0. The second-order valence-corrected chi connectivity index (χ2v) is 11.8. The molecular formula is C33H29N4+. The van der Waals surface area contributed by atoms with Gasteiger partial charge in [0.2, 0.25) is 0 Å². The Morgan fingerprint density at radius 3 is 2.38 bits per heavy atom. The van der Waals surface area contributed by atoms with Gasteiger partial charge in [0.1, 0.15) is 5.52 Å². The van der Waals surface area contributed by atoms with Gasteiger partial charge in [0.25, 0.3) is 6.33 Å². The van der Waals surface area contributed by atoms with E-state index in [9.17, 15) is 0 Å². The third-order valence-corrected chi connectivity index (χ3v) is 8.03. The van der Waals surface area contributed by atoms with Crippen molar-refractivity contribution in [3.05, 3.63) is 83.0 Å².